The number of rotatable bonds is 1. The van der Waals surface area contributed by atoms with E-state index in [0.717, 1.165) is 44.8 Å². The third kappa shape index (κ3) is 3.51. The summed E-state index contributed by atoms with van der Waals surface area (Å²) in [6.45, 7) is 16.4. The average Bonchev–Trinajstić information content (AvgIpc) is 3.06. The molecule has 0 radical (unpaired) electrons. The summed E-state index contributed by atoms with van der Waals surface area (Å²) in [6.07, 6.45) is -0.374. The van der Waals surface area contributed by atoms with Gasteiger partial charge in [0, 0.05) is 29.3 Å². The van der Waals surface area contributed by atoms with Crippen molar-refractivity contribution in [3.05, 3.63) is 41.0 Å². The van der Waals surface area contributed by atoms with E-state index in [-0.39, 0.29) is 16.9 Å². The van der Waals surface area contributed by atoms with Crippen molar-refractivity contribution >= 4 is 22.8 Å². The first-order valence-corrected chi connectivity index (χ1v) is 11.0. The quantitative estimate of drug-likeness (QED) is 0.467. The van der Waals surface area contributed by atoms with E-state index in [4.69, 9.17) is 9.72 Å². The zero-order chi connectivity index (χ0) is 23.8. The smallest absolute Gasteiger partial charge is 0.414 e. The zero-order valence-electron chi connectivity index (χ0n) is 20.5. The Balaban J connectivity index is 1.94. The molecule has 0 saturated carbocycles. The van der Waals surface area contributed by atoms with Gasteiger partial charge < -0.3 is 14.8 Å². The summed E-state index contributed by atoms with van der Waals surface area (Å²) >= 11 is 0. The summed E-state index contributed by atoms with van der Waals surface area (Å²) in [5.41, 5.74) is 4.90. The summed E-state index contributed by atoms with van der Waals surface area (Å²) in [7, 11) is 1.71. The number of anilines is 1. The molecule has 0 atom stereocenters. The third-order valence-corrected chi connectivity index (χ3v) is 6.23. The number of benzene rings is 2. The number of hydrogen-bond donors (Lipinski definition) is 2. The number of aromatic hydroxyl groups is 1. The molecule has 1 amide bonds. The van der Waals surface area contributed by atoms with E-state index in [1.807, 2.05) is 38.1 Å². The first-order valence-electron chi connectivity index (χ1n) is 11.0. The summed E-state index contributed by atoms with van der Waals surface area (Å²) < 4.78 is 5.60. The Kier molecular flexibility index (Phi) is 4.67. The predicted molar refractivity (Wildman–Crippen MR) is 129 cm³/mol. The number of aromatic nitrogens is 2. The minimum Gasteiger partial charge on any atom is -0.507 e. The molecule has 0 aliphatic carbocycles. The Morgan fingerprint density at radius 2 is 1.56 bits per heavy atom. The molecule has 0 bridgehead atoms. The number of fused-ring (bicyclic) bond motifs is 2. The number of amides is 1. The fourth-order valence-corrected chi connectivity index (χ4v) is 4.30. The topological polar surface area (TPSA) is 78.5 Å². The van der Waals surface area contributed by atoms with E-state index in [9.17, 15) is 9.90 Å². The van der Waals surface area contributed by atoms with E-state index >= 15 is 0 Å². The van der Waals surface area contributed by atoms with Gasteiger partial charge in [0.15, 0.2) is 0 Å². The van der Waals surface area contributed by atoms with E-state index in [1.54, 1.807) is 7.05 Å². The molecule has 1 aromatic heterocycles. The summed E-state index contributed by atoms with van der Waals surface area (Å²) in [5.74, 6) is 1.07. The molecule has 2 heterocycles. The maximum atomic E-state index is 12.3. The van der Waals surface area contributed by atoms with E-state index in [1.165, 1.54) is 4.90 Å². The number of hydrogen-bond acceptors (Lipinski definition) is 4. The number of phenols is 1. The van der Waals surface area contributed by atoms with Crippen LogP contribution in [0.1, 0.15) is 72.1 Å². The summed E-state index contributed by atoms with van der Waals surface area (Å²) in [4.78, 5) is 22.1. The average molecular weight is 436 g/mol. The molecule has 6 nitrogen and oxygen atoms in total. The maximum absolute atomic E-state index is 12.3. The van der Waals surface area contributed by atoms with Crippen LogP contribution in [0.5, 0.6) is 5.75 Å². The molecule has 32 heavy (non-hydrogen) atoms. The van der Waals surface area contributed by atoms with E-state index < -0.39 is 5.60 Å². The van der Waals surface area contributed by atoms with Crippen LogP contribution in [0.25, 0.3) is 22.4 Å². The summed E-state index contributed by atoms with van der Waals surface area (Å²) in [6, 6.07) is 7.98. The van der Waals surface area contributed by atoms with Crippen LogP contribution in [0.2, 0.25) is 0 Å². The molecule has 0 spiro atoms. The Morgan fingerprint density at radius 1 is 1.00 bits per heavy atom. The van der Waals surface area contributed by atoms with Gasteiger partial charge in [0.25, 0.3) is 0 Å². The van der Waals surface area contributed by atoms with Gasteiger partial charge in [-0.15, -0.1) is 0 Å². The number of H-pyrrole nitrogens is 1. The van der Waals surface area contributed by atoms with Gasteiger partial charge in [-0.05, 0) is 48.9 Å². The van der Waals surface area contributed by atoms with Crippen molar-refractivity contribution in [1.82, 2.24) is 9.97 Å². The van der Waals surface area contributed by atoms with Gasteiger partial charge in [-0.2, -0.15) is 0 Å². The monoisotopic (exact) mass is 435 g/mol. The highest BCUT2D eigenvalue weighted by Gasteiger charge is 2.37. The van der Waals surface area contributed by atoms with Crippen LogP contribution in [0.4, 0.5) is 10.5 Å². The van der Waals surface area contributed by atoms with Gasteiger partial charge in [-0.25, -0.2) is 9.78 Å². The molecule has 1 aliphatic heterocycles. The van der Waals surface area contributed by atoms with Crippen LogP contribution in [0.3, 0.4) is 0 Å². The Morgan fingerprint density at radius 3 is 2.09 bits per heavy atom. The fourth-order valence-electron chi connectivity index (χ4n) is 4.30. The highest BCUT2D eigenvalue weighted by Crippen LogP contribution is 2.43. The van der Waals surface area contributed by atoms with Crippen molar-refractivity contribution in [2.45, 2.75) is 71.8 Å². The third-order valence-electron chi connectivity index (χ3n) is 6.23. The molecule has 0 fully saturated rings. The number of carbonyl (C=O) groups excluding carboxylic acids is 1. The van der Waals surface area contributed by atoms with Crippen LogP contribution < -0.4 is 4.90 Å². The number of nitrogens with zero attached hydrogens (tertiary/aromatic N) is 2. The second kappa shape index (κ2) is 6.74. The molecule has 6 heteroatoms. The minimum atomic E-state index is -0.726. The minimum absolute atomic E-state index is 0.227. The zero-order valence-corrected chi connectivity index (χ0v) is 20.5. The maximum Gasteiger partial charge on any atom is 0.414 e. The Hall–Kier alpha value is -3.02. The molecule has 2 N–H and O–H groups in total. The highest BCUT2D eigenvalue weighted by molar-refractivity contribution is 5.95. The van der Waals surface area contributed by atoms with Gasteiger partial charge in [-0.3, -0.25) is 4.90 Å². The number of carbonyl (C=O) groups is 1. The molecule has 0 unspecified atom stereocenters. The van der Waals surface area contributed by atoms with Gasteiger partial charge in [0.1, 0.15) is 17.2 Å². The van der Waals surface area contributed by atoms with Crippen molar-refractivity contribution in [1.29, 1.82) is 0 Å². The Bertz CT molecular complexity index is 1200. The van der Waals surface area contributed by atoms with Crippen LogP contribution in [-0.2, 0) is 21.2 Å². The van der Waals surface area contributed by atoms with Crippen LogP contribution in [0, 0.1) is 0 Å². The largest absolute Gasteiger partial charge is 0.507 e. The van der Waals surface area contributed by atoms with E-state index in [0.29, 0.717) is 5.75 Å². The SMILES string of the molecule is CN1C(=O)OC(C)(C)c2cc3[nH]c(-c4cc(C(C)(C)C)c(O)c(C(C)(C)C)c4)nc3cc21. The number of phenolic OH excluding ortho intramolecular Hbond substituents is 1. The molecule has 1 aliphatic rings. The lowest BCUT2D eigenvalue weighted by Crippen LogP contribution is -2.41. The van der Waals surface area contributed by atoms with Crippen molar-refractivity contribution < 1.29 is 14.6 Å². The molecule has 4 rings (SSSR count). The number of nitrogens with one attached hydrogen (secondary N) is 1. The predicted octanol–water partition coefficient (Wildman–Crippen LogP) is 6.35. The molecular formula is C26H33N3O3. The lowest BCUT2D eigenvalue weighted by atomic mass is 9.78. The van der Waals surface area contributed by atoms with Crippen molar-refractivity contribution in [3.8, 4) is 17.1 Å². The number of imidazole rings is 1. The summed E-state index contributed by atoms with van der Waals surface area (Å²) in [5, 5.41) is 11.0. The first kappa shape index (κ1) is 22.2. The van der Waals surface area contributed by atoms with Crippen LogP contribution in [0.15, 0.2) is 24.3 Å². The second-order valence-electron chi connectivity index (χ2n) is 11.3. The first-order chi connectivity index (χ1) is 14.6. The standard InChI is InChI=1S/C26H33N3O3/c1-24(2,3)16-10-14(11-17(21(16)30)25(4,5)6)22-27-18-12-15-20(13-19(18)28-22)29(9)23(31)32-26(15,7)8/h10-13,30H,1-9H3,(H,27,28). The van der Waals surface area contributed by atoms with Crippen molar-refractivity contribution in [2.24, 2.45) is 0 Å². The number of cyclic esters (lactones) is 1. The van der Waals surface area contributed by atoms with Gasteiger partial charge in [0.05, 0.1) is 16.7 Å². The fraction of sp³-hybridized carbons (Fsp3) is 0.462. The number of aromatic amines is 1. The number of ether oxygens (including phenoxy) is 1. The van der Waals surface area contributed by atoms with Crippen molar-refractivity contribution in [2.75, 3.05) is 11.9 Å². The van der Waals surface area contributed by atoms with Crippen LogP contribution >= 0.6 is 0 Å². The Labute approximate surface area is 189 Å². The molecule has 2 aromatic carbocycles. The molecule has 3 aromatic rings. The highest BCUT2D eigenvalue weighted by atomic mass is 16.6. The molecular weight excluding hydrogens is 402 g/mol. The van der Waals surface area contributed by atoms with Gasteiger partial charge in [0.2, 0.25) is 0 Å². The van der Waals surface area contributed by atoms with E-state index in [2.05, 4.69) is 46.5 Å². The lowest BCUT2D eigenvalue weighted by Gasteiger charge is -2.36. The lowest BCUT2D eigenvalue weighted by molar-refractivity contribution is 0.0363. The van der Waals surface area contributed by atoms with Crippen molar-refractivity contribution in [3.63, 3.8) is 0 Å². The molecule has 0 saturated heterocycles. The normalized spacial score (nSPS) is 16.3. The van der Waals surface area contributed by atoms with Gasteiger partial charge in [-0.1, -0.05) is 41.5 Å². The molecule has 170 valence electrons. The van der Waals surface area contributed by atoms with Crippen LogP contribution in [-0.4, -0.2) is 28.2 Å². The van der Waals surface area contributed by atoms with Gasteiger partial charge >= 0.3 is 6.09 Å². The second-order valence-corrected chi connectivity index (χ2v) is 11.3.